The SMILES string of the molecule is Cn1c(=O)c2c(ncn2CCCC(=O)Nc2cc(Cl)c(N)c(Cl)c2)n(C)c1=O. The minimum Gasteiger partial charge on any atom is -0.396 e. The standard InChI is InChI=1S/C17H18Cl2N6O3/c1-23-15-14(16(27)24(2)17(23)28)25(8-21-15)5-3-4-12(26)22-9-6-10(18)13(20)11(19)7-9/h6-8H,3-5,20H2,1-2H3,(H,22,26). The number of benzene rings is 1. The van der Waals surface area contributed by atoms with Gasteiger partial charge in [0.2, 0.25) is 5.91 Å². The summed E-state index contributed by atoms with van der Waals surface area (Å²) in [5, 5.41) is 3.22. The fourth-order valence-electron chi connectivity index (χ4n) is 2.86. The van der Waals surface area contributed by atoms with Crippen molar-refractivity contribution in [3.8, 4) is 0 Å². The second-order valence-electron chi connectivity index (χ2n) is 6.32. The smallest absolute Gasteiger partial charge is 0.332 e. The Bertz CT molecular complexity index is 1170. The Morgan fingerprint density at radius 1 is 1.18 bits per heavy atom. The normalized spacial score (nSPS) is 11.1. The number of rotatable bonds is 5. The van der Waals surface area contributed by atoms with Crippen LogP contribution in [0.15, 0.2) is 28.0 Å². The maximum absolute atomic E-state index is 12.4. The highest BCUT2D eigenvalue weighted by molar-refractivity contribution is 6.39. The number of amides is 1. The Balaban J connectivity index is 1.70. The number of carbonyl (C=O) groups excluding carboxylic acids is 1. The number of nitrogens with one attached hydrogen (secondary N) is 1. The molecule has 0 aliphatic rings. The summed E-state index contributed by atoms with van der Waals surface area (Å²) in [5.41, 5.74) is 6.14. The summed E-state index contributed by atoms with van der Waals surface area (Å²) in [6, 6.07) is 3.04. The number of aromatic nitrogens is 4. The van der Waals surface area contributed by atoms with Crippen LogP contribution in [0.4, 0.5) is 11.4 Å². The lowest BCUT2D eigenvalue weighted by atomic mass is 10.2. The summed E-state index contributed by atoms with van der Waals surface area (Å²) in [5.74, 6) is -0.235. The number of hydrogen-bond acceptors (Lipinski definition) is 5. The maximum atomic E-state index is 12.4. The lowest BCUT2D eigenvalue weighted by Gasteiger charge is -2.09. The first-order valence-electron chi connectivity index (χ1n) is 8.36. The van der Waals surface area contributed by atoms with E-state index in [9.17, 15) is 14.4 Å². The first kappa shape index (κ1) is 20.0. The van der Waals surface area contributed by atoms with Gasteiger partial charge in [-0.2, -0.15) is 0 Å². The van der Waals surface area contributed by atoms with Crippen LogP contribution in [-0.2, 0) is 25.4 Å². The van der Waals surface area contributed by atoms with Crippen LogP contribution in [-0.4, -0.2) is 24.6 Å². The quantitative estimate of drug-likeness (QED) is 0.604. The third-order valence-corrected chi connectivity index (χ3v) is 5.01. The molecule has 1 aromatic carbocycles. The lowest BCUT2D eigenvalue weighted by molar-refractivity contribution is -0.116. The fourth-order valence-corrected chi connectivity index (χ4v) is 3.34. The van der Waals surface area contributed by atoms with Crippen LogP contribution in [0.5, 0.6) is 0 Å². The van der Waals surface area contributed by atoms with E-state index in [0.717, 1.165) is 4.57 Å². The van der Waals surface area contributed by atoms with Crippen LogP contribution in [0, 0.1) is 0 Å². The fraction of sp³-hybridized carbons (Fsp3) is 0.294. The van der Waals surface area contributed by atoms with Crippen molar-refractivity contribution in [2.24, 2.45) is 14.1 Å². The Kier molecular flexibility index (Phi) is 5.48. The van der Waals surface area contributed by atoms with E-state index in [-0.39, 0.29) is 28.1 Å². The molecule has 3 N–H and O–H groups in total. The average molecular weight is 425 g/mol. The minimum absolute atomic E-state index is 0.200. The van der Waals surface area contributed by atoms with Gasteiger partial charge in [-0.3, -0.25) is 18.7 Å². The zero-order valence-electron chi connectivity index (χ0n) is 15.2. The van der Waals surface area contributed by atoms with E-state index in [1.54, 1.807) is 11.6 Å². The Morgan fingerprint density at radius 3 is 2.46 bits per heavy atom. The summed E-state index contributed by atoms with van der Waals surface area (Å²) in [7, 11) is 2.97. The first-order valence-corrected chi connectivity index (χ1v) is 9.11. The highest BCUT2D eigenvalue weighted by Gasteiger charge is 2.14. The van der Waals surface area contributed by atoms with Crippen LogP contribution in [0.3, 0.4) is 0 Å². The van der Waals surface area contributed by atoms with E-state index in [2.05, 4.69) is 10.3 Å². The van der Waals surface area contributed by atoms with Gasteiger partial charge >= 0.3 is 5.69 Å². The van der Waals surface area contributed by atoms with Crippen LogP contribution in [0.25, 0.3) is 11.2 Å². The van der Waals surface area contributed by atoms with E-state index in [1.807, 2.05) is 0 Å². The zero-order chi connectivity index (χ0) is 20.6. The number of anilines is 2. The van der Waals surface area contributed by atoms with Crippen LogP contribution in [0.2, 0.25) is 10.0 Å². The van der Waals surface area contributed by atoms with Gasteiger partial charge < -0.3 is 15.6 Å². The molecule has 9 nitrogen and oxygen atoms in total. The predicted octanol–water partition coefficient (Wildman–Crippen LogP) is 1.74. The van der Waals surface area contributed by atoms with Crippen LogP contribution in [0.1, 0.15) is 12.8 Å². The lowest BCUT2D eigenvalue weighted by Crippen LogP contribution is -2.37. The van der Waals surface area contributed by atoms with Crippen molar-refractivity contribution in [1.29, 1.82) is 0 Å². The van der Waals surface area contributed by atoms with Crippen molar-refractivity contribution in [2.45, 2.75) is 19.4 Å². The van der Waals surface area contributed by atoms with Crippen LogP contribution >= 0.6 is 23.2 Å². The van der Waals surface area contributed by atoms with Crippen molar-refractivity contribution in [3.63, 3.8) is 0 Å². The topological polar surface area (TPSA) is 117 Å². The molecule has 0 spiro atoms. The molecule has 28 heavy (non-hydrogen) atoms. The molecule has 0 radical (unpaired) electrons. The van der Waals surface area contributed by atoms with Gasteiger partial charge in [-0.1, -0.05) is 23.2 Å². The first-order chi connectivity index (χ1) is 13.2. The molecule has 0 fully saturated rings. The maximum Gasteiger partial charge on any atom is 0.332 e. The van der Waals surface area contributed by atoms with Gasteiger partial charge in [0.15, 0.2) is 11.2 Å². The molecule has 11 heteroatoms. The molecular formula is C17H18Cl2N6O3. The van der Waals surface area contributed by atoms with Gasteiger partial charge in [0, 0.05) is 32.7 Å². The van der Waals surface area contributed by atoms with Crippen LogP contribution < -0.4 is 22.3 Å². The molecule has 0 aliphatic carbocycles. The van der Waals surface area contributed by atoms with Crippen molar-refractivity contribution in [3.05, 3.63) is 49.3 Å². The van der Waals surface area contributed by atoms with Gasteiger partial charge in [0.25, 0.3) is 5.56 Å². The average Bonchev–Trinajstić information content (AvgIpc) is 3.06. The highest BCUT2D eigenvalue weighted by Crippen LogP contribution is 2.31. The molecule has 0 unspecified atom stereocenters. The Hall–Kier alpha value is -2.78. The number of aryl methyl sites for hydroxylation is 2. The van der Waals surface area contributed by atoms with Gasteiger partial charge in [-0.05, 0) is 18.6 Å². The van der Waals surface area contributed by atoms with E-state index in [0.29, 0.717) is 29.8 Å². The summed E-state index contributed by atoms with van der Waals surface area (Å²) >= 11 is 11.9. The van der Waals surface area contributed by atoms with E-state index >= 15 is 0 Å². The largest absolute Gasteiger partial charge is 0.396 e. The molecule has 2 aromatic heterocycles. The molecule has 2 heterocycles. The third-order valence-electron chi connectivity index (χ3n) is 4.38. The molecule has 0 saturated carbocycles. The summed E-state index contributed by atoms with van der Waals surface area (Å²) in [4.78, 5) is 40.7. The monoisotopic (exact) mass is 424 g/mol. The molecule has 0 atom stereocenters. The molecule has 1 amide bonds. The number of imidazole rings is 1. The number of nitrogen functional groups attached to an aromatic ring is 1. The molecule has 148 valence electrons. The number of nitrogens with zero attached hydrogens (tertiary/aromatic N) is 4. The highest BCUT2D eigenvalue weighted by atomic mass is 35.5. The second kappa shape index (κ2) is 7.69. The number of halogens is 2. The Morgan fingerprint density at radius 2 is 1.82 bits per heavy atom. The Labute approximate surface area is 169 Å². The third kappa shape index (κ3) is 3.63. The summed E-state index contributed by atoms with van der Waals surface area (Å²) < 4.78 is 3.98. The van der Waals surface area contributed by atoms with Crippen molar-refractivity contribution >= 4 is 51.6 Å². The van der Waals surface area contributed by atoms with E-state index < -0.39 is 11.2 Å². The zero-order valence-corrected chi connectivity index (χ0v) is 16.7. The minimum atomic E-state index is -0.442. The van der Waals surface area contributed by atoms with Gasteiger partial charge in [-0.25, -0.2) is 9.78 Å². The predicted molar refractivity (Wildman–Crippen MR) is 109 cm³/mol. The summed E-state index contributed by atoms with van der Waals surface area (Å²) in [6.45, 7) is 0.389. The molecule has 0 saturated heterocycles. The van der Waals surface area contributed by atoms with Gasteiger partial charge in [-0.15, -0.1) is 0 Å². The number of fused-ring (bicyclic) bond motifs is 1. The molecule has 0 bridgehead atoms. The summed E-state index contributed by atoms with van der Waals surface area (Å²) in [6.07, 6.45) is 2.15. The van der Waals surface area contributed by atoms with Crippen molar-refractivity contribution in [1.82, 2.24) is 18.7 Å². The van der Waals surface area contributed by atoms with Gasteiger partial charge in [0.05, 0.1) is 22.1 Å². The second-order valence-corrected chi connectivity index (χ2v) is 7.14. The molecule has 3 rings (SSSR count). The van der Waals surface area contributed by atoms with Crippen molar-refractivity contribution in [2.75, 3.05) is 11.1 Å². The number of nitrogens with two attached hydrogens (primary N) is 1. The number of carbonyl (C=O) groups is 1. The van der Waals surface area contributed by atoms with Crippen molar-refractivity contribution < 1.29 is 4.79 Å². The molecule has 0 aliphatic heterocycles. The van der Waals surface area contributed by atoms with E-state index in [1.165, 1.54) is 30.1 Å². The van der Waals surface area contributed by atoms with E-state index in [4.69, 9.17) is 28.9 Å². The van der Waals surface area contributed by atoms with Gasteiger partial charge in [0.1, 0.15) is 0 Å². The number of hydrogen-bond donors (Lipinski definition) is 2. The molecular weight excluding hydrogens is 407 g/mol. The molecule has 3 aromatic rings.